The monoisotopic (exact) mass is 192 g/mol. The Labute approximate surface area is 86.7 Å². The largest absolute Gasteiger partial charge is 0.315 e. The smallest absolute Gasteiger partial charge is 0.0703 e. The van der Waals surface area contributed by atoms with Crippen molar-refractivity contribution in [2.75, 3.05) is 13.1 Å². The van der Waals surface area contributed by atoms with E-state index in [1.165, 1.54) is 32.1 Å². The molecule has 2 fully saturated rings. The molecular weight excluding hydrogens is 172 g/mol. The average molecular weight is 192 g/mol. The second-order valence-corrected chi connectivity index (χ2v) is 5.01. The predicted octanol–water partition coefficient (Wildman–Crippen LogP) is 2.46. The Bertz CT molecular complexity index is 221. The first-order valence-electron chi connectivity index (χ1n) is 5.97. The second-order valence-electron chi connectivity index (χ2n) is 5.01. The van der Waals surface area contributed by atoms with E-state index < -0.39 is 0 Å². The second kappa shape index (κ2) is 4.31. The standard InChI is InChI=1S/C12H20N2/c13-9-12(6-2-7-12)10-14-8-5-11-3-1-4-11/h11,14H,1-8,10H2. The molecule has 0 unspecified atom stereocenters. The van der Waals surface area contributed by atoms with E-state index >= 15 is 0 Å². The van der Waals surface area contributed by atoms with Gasteiger partial charge in [-0.3, -0.25) is 0 Å². The molecule has 2 heteroatoms. The highest BCUT2D eigenvalue weighted by atomic mass is 14.9. The molecule has 0 atom stereocenters. The van der Waals surface area contributed by atoms with E-state index in [1.807, 2.05) is 0 Å². The lowest BCUT2D eigenvalue weighted by Gasteiger charge is -2.35. The minimum absolute atomic E-state index is 0.0135. The van der Waals surface area contributed by atoms with Crippen molar-refractivity contribution < 1.29 is 0 Å². The van der Waals surface area contributed by atoms with Crippen molar-refractivity contribution in [2.45, 2.75) is 44.9 Å². The van der Waals surface area contributed by atoms with Gasteiger partial charge >= 0.3 is 0 Å². The molecule has 2 aliphatic rings. The fourth-order valence-electron chi connectivity index (χ4n) is 2.35. The molecule has 78 valence electrons. The van der Waals surface area contributed by atoms with E-state index in [0.29, 0.717) is 0 Å². The quantitative estimate of drug-likeness (QED) is 0.679. The molecule has 0 radical (unpaired) electrons. The van der Waals surface area contributed by atoms with Crippen molar-refractivity contribution in [3.63, 3.8) is 0 Å². The van der Waals surface area contributed by atoms with E-state index in [-0.39, 0.29) is 5.41 Å². The van der Waals surface area contributed by atoms with E-state index in [9.17, 15) is 0 Å². The van der Waals surface area contributed by atoms with Gasteiger partial charge in [0.15, 0.2) is 0 Å². The normalized spacial score (nSPS) is 24.8. The molecule has 0 aromatic carbocycles. The summed E-state index contributed by atoms with van der Waals surface area (Å²) < 4.78 is 0. The van der Waals surface area contributed by atoms with E-state index in [0.717, 1.165) is 31.8 Å². The van der Waals surface area contributed by atoms with Crippen LogP contribution in [0.4, 0.5) is 0 Å². The van der Waals surface area contributed by atoms with Crippen LogP contribution in [0.5, 0.6) is 0 Å². The molecule has 0 amide bonds. The molecule has 1 N–H and O–H groups in total. The predicted molar refractivity (Wildman–Crippen MR) is 56.7 cm³/mol. The van der Waals surface area contributed by atoms with Gasteiger partial charge < -0.3 is 5.32 Å². The Morgan fingerprint density at radius 2 is 2.07 bits per heavy atom. The van der Waals surface area contributed by atoms with Gasteiger partial charge in [0, 0.05) is 6.54 Å². The summed E-state index contributed by atoms with van der Waals surface area (Å²) in [7, 11) is 0. The van der Waals surface area contributed by atoms with Gasteiger partial charge in [0.1, 0.15) is 0 Å². The van der Waals surface area contributed by atoms with Gasteiger partial charge in [-0.15, -0.1) is 0 Å². The molecule has 0 heterocycles. The number of hydrogen-bond donors (Lipinski definition) is 1. The average Bonchev–Trinajstić information content (AvgIpc) is 2.05. The SMILES string of the molecule is N#CC1(CNCCC2CCC2)CCC1. The summed E-state index contributed by atoms with van der Waals surface area (Å²) in [4.78, 5) is 0. The third kappa shape index (κ3) is 2.09. The third-order valence-corrected chi connectivity index (χ3v) is 3.97. The van der Waals surface area contributed by atoms with Crippen LogP contribution in [0, 0.1) is 22.7 Å². The molecule has 0 saturated heterocycles. The van der Waals surface area contributed by atoms with E-state index in [2.05, 4.69) is 11.4 Å². The van der Waals surface area contributed by atoms with E-state index in [4.69, 9.17) is 5.26 Å². The van der Waals surface area contributed by atoms with Gasteiger partial charge in [-0.1, -0.05) is 25.7 Å². The molecule has 2 aliphatic carbocycles. The van der Waals surface area contributed by atoms with Gasteiger partial charge in [0.2, 0.25) is 0 Å². The van der Waals surface area contributed by atoms with Crippen LogP contribution in [0.1, 0.15) is 44.9 Å². The van der Waals surface area contributed by atoms with E-state index in [1.54, 1.807) is 0 Å². The van der Waals surface area contributed by atoms with Gasteiger partial charge in [-0.25, -0.2) is 0 Å². The number of nitriles is 1. The summed E-state index contributed by atoms with van der Waals surface area (Å²) in [5.74, 6) is 0.988. The first kappa shape index (κ1) is 9.98. The van der Waals surface area contributed by atoms with Gasteiger partial charge in [-0.2, -0.15) is 5.26 Å². The lowest BCUT2D eigenvalue weighted by Crippen LogP contribution is -2.39. The van der Waals surface area contributed by atoms with Crippen molar-refractivity contribution in [2.24, 2.45) is 11.3 Å². The number of rotatable bonds is 5. The molecule has 2 rings (SSSR count). The Morgan fingerprint density at radius 3 is 2.50 bits per heavy atom. The van der Waals surface area contributed by atoms with Crippen LogP contribution in [-0.4, -0.2) is 13.1 Å². The summed E-state index contributed by atoms with van der Waals surface area (Å²) in [6.07, 6.45) is 9.10. The highest BCUT2D eigenvalue weighted by Gasteiger charge is 2.36. The van der Waals surface area contributed by atoms with Crippen LogP contribution in [0.2, 0.25) is 0 Å². The lowest BCUT2D eigenvalue weighted by molar-refractivity contribution is 0.202. The Balaban J connectivity index is 1.55. The van der Waals surface area contributed by atoms with Gasteiger partial charge in [-0.05, 0) is 31.7 Å². The zero-order valence-electron chi connectivity index (χ0n) is 8.89. The van der Waals surface area contributed by atoms with Crippen molar-refractivity contribution in [1.29, 1.82) is 5.26 Å². The van der Waals surface area contributed by atoms with Crippen molar-refractivity contribution in [1.82, 2.24) is 5.32 Å². The summed E-state index contributed by atoms with van der Waals surface area (Å²) in [5, 5.41) is 12.5. The van der Waals surface area contributed by atoms with Crippen molar-refractivity contribution >= 4 is 0 Å². The molecule has 0 aliphatic heterocycles. The minimum Gasteiger partial charge on any atom is -0.315 e. The number of hydrogen-bond acceptors (Lipinski definition) is 2. The van der Waals surface area contributed by atoms with Crippen LogP contribution in [0.3, 0.4) is 0 Å². The fraction of sp³-hybridized carbons (Fsp3) is 0.917. The maximum Gasteiger partial charge on any atom is 0.0703 e. The van der Waals surface area contributed by atoms with Gasteiger partial charge in [0.25, 0.3) is 0 Å². The zero-order valence-corrected chi connectivity index (χ0v) is 8.89. The van der Waals surface area contributed by atoms with Crippen LogP contribution in [0.15, 0.2) is 0 Å². The van der Waals surface area contributed by atoms with Crippen LogP contribution in [0.25, 0.3) is 0 Å². The van der Waals surface area contributed by atoms with Crippen molar-refractivity contribution in [3.05, 3.63) is 0 Å². The van der Waals surface area contributed by atoms with Crippen LogP contribution >= 0.6 is 0 Å². The molecular formula is C12H20N2. The minimum atomic E-state index is 0.0135. The molecule has 0 aromatic heterocycles. The zero-order chi connectivity index (χ0) is 9.86. The summed E-state index contributed by atoms with van der Waals surface area (Å²) >= 11 is 0. The highest BCUT2D eigenvalue weighted by Crippen LogP contribution is 2.39. The molecule has 0 spiro atoms. The highest BCUT2D eigenvalue weighted by molar-refractivity contribution is 5.05. The first-order chi connectivity index (χ1) is 6.85. The third-order valence-electron chi connectivity index (χ3n) is 3.97. The van der Waals surface area contributed by atoms with Crippen LogP contribution < -0.4 is 5.32 Å². The summed E-state index contributed by atoms with van der Waals surface area (Å²) in [5.41, 5.74) is 0.0135. The number of nitrogens with zero attached hydrogens (tertiary/aromatic N) is 1. The molecule has 14 heavy (non-hydrogen) atoms. The van der Waals surface area contributed by atoms with Crippen LogP contribution in [-0.2, 0) is 0 Å². The van der Waals surface area contributed by atoms with Crippen molar-refractivity contribution in [3.8, 4) is 6.07 Å². The maximum absolute atomic E-state index is 9.01. The molecule has 0 aromatic rings. The first-order valence-corrected chi connectivity index (χ1v) is 5.97. The summed E-state index contributed by atoms with van der Waals surface area (Å²) in [6, 6.07) is 2.47. The van der Waals surface area contributed by atoms with Gasteiger partial charge in [0.05, 0.1) is 11.5 Å². The fourth-order valence-corrected chi connectivity index (χ4v) is 2.35. The molecule has 2 saturated carbocycles. The molecule has 2 nitrogen and oxygen atoms in total. The number of nitrogens with one attached hydrogen (secondary N) is 1. The Morgan fingerprint density at radius 1 is 1.29 bits per heavy atom. The maximum atomic E-state index is 9.01. The summed E-state index contributed by atoms with van der Waals surface area (Å²) in [6.45, 7) is 2.05. The Hall–Kier alpha value is -0.550. The molecule has 0 bridgehead atoms. The Kier molecular flexibility index (Phi) is 3.08. The topological polar surface area (TPSA) is 35.8 Å². The lowest BCUT2D eigenvalue weighted by atomic mass is 9.70.